The van der Waals surface area contributed by atoms with Gasteiger partial charge < -0.3 is 5.32 Å². The Bertz CT molecular complexity index is 1220. The average Bonchev–Trinajstić information content (AvgIpc) is 3.19. The highest BCUT2D eigenvalue weighted by atomic mass is 32.2. The van der Waals surface area contributed by atoms with E-state index in [0.717, 1.165) is 22.4 Å². The number of anilines is 3. The fraction of sp³-hybridized carbons (Fsp3) is 0.0909. The van der Waals surface area contributed by atoms with Crippen molar-refractivity contribution in [3.63, 3.8) is 0 Å². The molecular formula is C22H21N5O2S. The molecule has 0 fully saturated rings. The van der Waals surface area contributed by atoms with Crippen LogP contribution in [-0.4, -0.2) is 23.6 Å². The van der Waals surface area contributed by atoms with Gasteiger partial charge in [0.05, 0.1) is 11.4 Å². The molecule has 2 heterocycles. The molecule has 0 aliphatic carbocycles. The Morgan fingerprint density at radius 3 is 2.40 bits per heavy atom. The van der Waals surface area contributed by atoms with Gasteiger partial charge in [0.15, 0.2) is 5.82 Å². The number of nitrogens with zero attached hydrogens (tertiary/aromatic N) is 2. The number of hydrogen-bond donors (Lipinski definition) is 3. The molecule has 152 valence electrons. The maximum atomic E-state index is 12.4. The van der Waals surface area contributed by atoms with E-state index in [-0.39, 0.29) is 5.75 Å². The Kier molecular flexibility index (Phi) is 5.49. The summed E-state index contributed by atoms with van der Waals surface area (Å²) in [4.78, 5) is 4.21. The van der Waals surface area contributed by atoms with Crippen molar-refractivity contribution >= 4 is 27.3 Å². The first-order valence-corrected chi connectivity index (χ1v) is 11.0. The molecule has 2 aromatic carbocycles. The Balaban J connectivity index is 1.42. The smallest absolute Gasteiger partial charge is 0.236 e. The zero-order valence-electron chi connectivity index (χ0n) is 16.3. The third kappa shape index (κ3) is 5.03. The molecule has 0 atom stereocenters. The number of aromatic nitrogens is 3. The van der Waals surface area contributed by atoms with Crippen LogP contribution in [0.25, 0.3) is 11.3 Å². The number of hydrogen-bond acceptors (Lipinski definition) is 5. The molecular weight excluding hydrogens is 398 g/mol. The molecule has 0 aliphatic rings. The summed E-state index contributed by atoms with van der Waals surface area (Å²) >= 11 is 0. The van der Waals surface area contributed by atoms with E-state index in [0.29, 0.717) is 17.3 Å². The molecule has 4 rings (SSSR count). The highest BCUT2D eigenvalue weighted by molar-refractivity contribution is 7.91. The number of nitrogens with one attached hydrogen (secondary N) is 3. The monoisotopic (exact) mass is 419 g/mol. The molecule has 7 nitrogen and oxygen atoms in total. The van der Waals surface area contributed by atoms with Crippen molar-refractivity contribution in [3.8, 4) is 11.3 Å². The van der Waals surface area contributed by atoms with E-state index in [1.807, 2.05) is 67.6 Å². The van der Waals surface area contributed by atoms with Gasteiger partial charge in [0.25, 0.3) is 0 Å². The van der Waals surface area contributed by atoms with Gasteiger partial charge in [0.1, 0.15) is 5.82 Å². The van der Waals surface area contributed by atoms with Gasteiger partial charge in [-0.05, 0) is 42.3 Å². The first kappa shape index (κ1) is 19.7. The van der Waals surface area contributed by atoms with Gasteiger partial charge in [0.2, 0.25) is 10.0 Å². The molecule has 0 saturated carbocycles. The van der Waals surface area contributed by atoms with Crippen LogP contribution in [0.1, 0.15) is 11.1 Å². The predicted octanol–water partition coefficient (Wildman–Crippen LogP) is 4.47. The molecule has 0 unspecified atom stereocenters. The van der Waals surface area contributed by atoms with E-state index in [2.05, 4.69) is 25.2 Å². The Morgan fingerprint density at radius 1 is 0.933 bits per heavy atom. The minimum Gasteiger partial charge on any atom is -0.323 e. The van der Waals surface area contributed by atoms with Crippen LogP contribution in [0.4, 0.5) is 17.3 Å². The normalized spacial score (nSPS) is 11.2. The largest absolute Gasteiger partial charge is 0.323 e. The van der Waals surface area contributed by atoms with E-state index in [1.54, 1.807) is 18.3 Å². The average molecular weight is 420 g/mol. The molecule has 0 bridgehead atoms. The van der Waals surface area contributed by atoms with Crippen LogP contribution in [0.2, 0.25) is 0 Å². The van der Waals surface area contributed by atoms with E-state index in [4.69, 9.17) is 0 Å². The van der Waals surface area contributed by atoms with Crippen molar-refractivity contribution in [2.45, 2.75) is 12.7 Å². The van der Waals surface area contributed by atoms with Crippen molar-refractivity contribution < 1.29 is 8.42 Å². The Hall–Kier alpha value is -3.65. The van der Waals surface area contributed by atoms with Crippen LogP contribution in [0.15, 0.2) is 79.0 Å². The maximum Gasteiger partial charge on any atom is 0.236 e. The summed E-state index contributed by atoms with van der Waals surface area (Å²) in [6.45, 7) is 1.97. The fourth-order valence-corrected chi connectivity index (χ4v) is 4.14. The maximum absolute atomic E-state index is 12.4. The van der Waals surface area contributed by atoms with Crippen LogP contribution >= 0.6 is 0 Å². The Labute approximate surface area is 175 Å². The summed E-state index contributed by atoms with van der Waals surface area (Å²) in [5.41, 5.74) is 4.05. The molecule has 4 aromatic rings. The summed E-state index contributed by atoms with van der Waals surface area (Å²) in [7, 11) is -3.50. The van der Waals surface area contributed by atoms with Crippen molar-refractivity contribution in [1.29, 1.82) is 0 Å². The quantitative estimate of drug-likeness (QED) is 0.410. The number of sulfonamides is 1. The third-order valence-electron chi connectivity index (χ3n) is 4.45. The van der Waals surface area contributed by atoms with Crippen molar-refractivity contribution in [2.24, 2.45) is 0 Å². The van der Waals surface area contributed by atoms with E-state index in [9.17, 15) is 8.42 Å². The number of rotatable bonds is 7. The first-order valence-electron chi connectivity index (χ1n) is 9.37. The first-order chi connectivity index (χ1) is 14.5. The summed E-state index contributed by atoms with van der Waals surface area (Å²) < 4.78 is 27.5. The molecule has 8 heteroatoms. The number of aromatic amines is 1. The van der Waals surface area contributed by atoms with E-state index >= 15 is 0 Å². The summed E-state index contributed by atoms with van der Waals surface area (Å²) in [5.74, 6) is 1.28. The summed E-state index contributed by atoms with van der Waals surface area (Å²) in [5, 5.41) is 10.3. The molecule has 0 spiro atoms. The van der Waals surface area contributed by atoms with Crippen LogP contribution in [0, 0.1) is 6.92 Å². The standard InChI is InChI=1S/C22H21N5O2S/c1-16-5-7-17(8-6-16)15-30(28,29)27-19-11-9-18(10-12-19)20-14-22(26-25-20)24-21-4-2-3-13-23-21/h2-14,27H,15H2,1H3,(H2,23,24,25,26). The molecule has 3 N–H and O–H groups in total. The zero-order chi connectivity index (χ0) is 21.0. The van der Waals surface area contributed by atoms with Crippen molar-refractivity contribution in [3.05, 3.63) is 90.1 Å². The van der Waals surface area contributed by atoms with E-state index in [1.165, 1.54) is 0 Å². The van der Waals surface area contributed by atoms with Crippen LogP contribution < -0.4 is 10.0 Å². The zero-order valence-corrected chi connectivity index (χ0v) is 17.1. The number of benzene rings is 2. The van der Waals surface area contributed by atoms with Crippen LogP contribution in [0.5, 0.6) is 0 Å². The lowest BCUT2D eigenvalue weighted by Crippen LogP contribution is -2.15. The number of pyridine rings is 1. The SMILES string of the molecule is Cc1ccc(CS(=O)(=O)Nc2ccc(-c3cc(Nc4ccccn4)n[nH]3)cc2)cc1. The topological polar surface area (TPSA) is 99.8 Å². The lowest BCUT2D eigenvalue weighted by Gasteiger charge is -2.09. The molecule has 0 amide bonds. The second-order valence-corrected chi connectivity index (χ2v) is 8.65. The summed E-state index contributed by atoms with van der Waals surface area (Å²) in [6.07, 6.45) is 1.70. The van der Waals surface area contributed by atoms with Crippen LogP contribution in [0.3, 0.4) is 0 Å². The molecule has 30 heavy (non-hydrogen) atoms. The number of aryl methyl sites for hydroxylation is 1. The lowest BCUT2D eigenvalue weighted by molar-refractivity contribution is 0.600. The third-order valence-corrected chi connectivity index (χ3v) is 5.71. The molecule has 0 saturated heterocycles. The number of H-pyrrole nitrogens is 1. The Morgan fingerprint density at radius 2 is 1.70 bits per heavy atom. The van der Waals surface area contributed by atoms with Gasteiger partial charge in [-0.1, -0.05) is 48.0 Å². The minimum atomic E-state index is -3.50. The predicted molar refractivity (Wildman–Crippen MR) is 119 cm³/mol. The summed E-state index contributed by atoms with van der Waals surface area (Å²) in [6, 6.07) is 22.0. The minimum absolute atomic E-state index is 0.0713. The van der Waals surface area contributed by atoms with Gasteiger partial charge in [-0.2, -0.15) is 5.10 Å². The molecule has 0 aliphatic heterocycles. The van der Waals surface area contributed by atoms with Crippen molar-refractivity contribution in [1.82, 2.24) is 15.2 Å². The molecule has 2 aromatic heterocycles. The highest BCUT2D eigenvalue weighted by Crippen LogP contribution is 2.23. The van der Waals surface area contributed by atoms with Gasteiger partial charge >= 0.3 is 0 Å². The fourth-order valence-electron chi connectivity index (χ4n) is 2.94. The second kappa shape index (κ2) is 8.38. The second-order valence-electron chi connectivity index (χ2n) is 6.93. The van der Waals surface area contributed by atoms with Crippen molar-refractivity contribution in [2.75, 3.05) is 10.0 Å². The van der Waals surface area contributed by atoms with E-state index < -0.39 is 10.0 Å². The van der Waals surface area contributed by atoms with Gasteiger partial charge in [0, 0.05) is 18.0 Å². The lowest BCUT2D eigenvalue weighted by atomic mass is 10.1. The van der Waals surface area contributed by atoms with Crippen LogP contribution in [-0.2, 0) is 15.8 Å². The highest BCUT2D eigenvalue weighted by Gasteiger charge is 2.12. The van der Waals surface area contributed by atoms with Gasteiger partial charge in [-0.25, -0.2) is 13.4 Å². The molecule has 0 radical (unpaired) electrons. The van der Waals surface area contributed by atoms with Gasteiger partial charge in [-0.15, -0.1) is 0 Å². The van der Waals surface area contributed by atoms with Gasteiger partial charge in [-0.3, -0.25) is 9.82 Å².